The van der Waals surface area contributed by atoms with Crippen LogP contribution in [0.1, 0.15) is 0 Å². The minimum atomic E-state index is -4.22. The number of hydrogen-bond acceptors (Lipinski definition) is 8. The molecule has 5 N–H and O–H groups in total. The summed E-state index contributed by atoms with van der Waals surface area (Å²) >= 11 is 0.549. The molecular formula is C4H5N5O4S2. The van der Waals surface area contributed by atoms with Gasteiger partial charge in [-0.1, -0.05) is 11.3 Å². The molecule has 0 radical (unpaired) electrons. The second kappa shape index (κ2) is 3.78. The lowest BCUT2D eigenvalue weighted by molar-refractivity contribution is -0.136. The highest BCUT2D eigenvalue weighted by atomic mass is 32.2. The van der Waals surface area contributed by atoms with Gasteiger partial charge < -0.3 is 11.5 Å². The maximum atomic E-state index is 11.3. The summed E-state index contributed by atoms with van der Waals surface area (Å²) in [5.41, 5.74) is 9.70. The van der Waals surface area contributed by atoms with Crippen molar-refractivity contribution >= 4 is 38.3 Å². The van der Waals surface area contributed by atoms with Gasteiger partial charge in [0.25, 0.3) is 14.4 Å². The molecule has 1 aromatic rings. The second-order valence-electron chi connectivity index (χ2n) is 2.21. The number of carbonyl (C=O) groups is 2. The molecular weight excluding hydrogens is 246 g/mol. The predicted octanol–water partition coefficient (Wildman–Crippen LogP) is -2.59. The first-order chi connectivity index (χ1) is 6.83. The van der Waals surface area contributed by atoms with Crippen LogP contribution in [-0.2, 0) is 19.6 Å². The summed E-state index contributed by atoms with van der Waals surface area (Å²) in [5.74, 6) is -2.88. The van der Waals surface area contributed by atoms with Crippen molar-refractivity contribution in [2.45, 2.75) is 4.34 Å². The summed E-state index contributed by atoms with van der Waals surface area (Å²) in [6.45, 7) is 0. The number of sulfonamides is 1. The van der Waals surface area contributed by atoms with Crippen molar-refractivity contribution in [3.05, 3.63) is 0 Å². The Kier molecular flexibility index (Phi) is 2.85. The number of nitrogens with one attached hydrogen (secondary N) is 1. The number of hydrogen-bond donors (Lipinski definition) is 3. The Morgan fingerprint density at radius 1 is 1.33 bits per heavy atom. The van der Waals surface area contributed by atoms with Gasteiger partial charge in [0.2, 0.25) is 5.13 Å². The number of carbonyl (C=O) groups excluding carboxylic acids is 2. The van der Waals surface area contributed by atoms with E-state index in [4.69, 9.17) is 5.73 Å². The van der Waals surface area contributed by atoms with E-state index in [9.17, 15) is 18.0 Å². The van der Waals surface area contributed by atoms with Gasteiger partial charge in [0.05, 0.1) is 0 Å². The number of nitrogens with zero attached hydrogens (tertiary/aromatic N) is 2. The molecule has 0 aliphatic heterocycles. The first kappa shape index (κ1) is 11.3. The van der Waals surface area contributed by atoms with Gasteiger partial charge in [-0.15, -0.1) is 10.2 Å². The number of amides is 2. The topological polar surface area (TPSA) is 158 Å². The van der Waals surface area contributed by atoms with E-state index >= 15 is 0 Å². The molecule has 0 unspecified atom stereocenters. The van der Waals surface area contributed by atoms with Crippen molar-refractivity contribution in [2.24, 2.45) is 5.73 Å². The van der Waals surface area contributed by atoms with Gasteiger partial charge in [-0.2, -0.15) is 8.42 Å². The van der Waals surface area contributed by atoms with Crippen LogP contribution in [-0.4, -0.2) is 30.4 Å². The molecule has 1 aromatic heterocycles. The molecule has 82 valence electrons. The Morgan fingerprint density at radius 2 is 1.93 bits per heavy atom. The Balaban J connectivity index is 2.95. The fraction of sp³-hybridized carbons (Fsp3) is 0. The van der Waals surface area contributed by atoms with Crippen LogP contribution in [0.2, 0.25) is 0 Å². The highest BCUT2D eigenvalue weighted by molar-refractivity contribution is 7.92. The molecule has 1 rings (SSSR count). The Bertz CT molecular complexity index is 505. The van der Waals surface area contributed by atoms with Crippen molar-refractivity contribution in [2.75, 3.05) is 5.73 Å². The minimum absolute atomic E-state index is 0.0816. The SMILES string of the molecule is NC(=O)C(=O)NS(=O)(=O)c1nnc(N)s1. The molecule has 11 heteroatoms. The van der Waals surface area contributed by atoms with E-state index in [-0.39, 0.29) is 5.13 Å². The molecule has 0 aliphatic carbocycles. The van der Waals surface area contributed by atoms with Gasteiger partial charge in [-0.3, -0.25) is 9.59 Å². The zero-order valence-corrected chi connectivity index (χ0v) is 8.63. The Morgan fingerprint density at radius 3 is 2.33 bits per heavy atom. The number of anilines is 1. The van der Waals surface area contributed by atoms with E-state index in [0.29, 0.717) is 11.3 Å². The van der Waals surface area contributed by atoms with Crippen LogP contribution in [0.3, 0.4) is 0 Å². The first-order valence-electron chi connectivity index (χ1n) is 3.28. The van der Waals surface area contributed by atoms with E-state index in [0.717, 1.165) is 0 Å². The zero-order valence-electron chi connectivity index (χ0n) is 7.00. The summed E-state index contributed by atoms with van der Waals surface area (Å²) in [6.07, 6.45) is 0. The summed E-state index contributed by atoms with van der Waals surface area (Å²) in [6, 6.07) is 0. The summed E-state index contributed by atoms with van der Waals surface area (Å²) in [5, 5.41) is 6.34. The lowest BCUT2D eigenvalue weighted by Gasteiger charge is -1.99. The van der Waals surface area contributed by atoms with Crippen molar-refractivity contribution < 1.29 is 18.0 Å². The number of nitrogens with two attached hydrogens (primary N) is 2. The van der Waals surface area contributed by atoms with Gasteiger partial charge in [-0.05, 0) is 0 Å². The fourth-order valence-electron chi connectivity index (χ4n) is 0.545. The van der Waals surface area contributed by atoms with E-state index < -0.39 is 26.2 Å². The number of primary amides is 1. The predicted molar refractivity (Wildman–Crippen MR) is 48.8 cm³/mol. The maximum Gasteiger partial charge on any atom is 0.322 e. The molecule has 15 heavy (non-hydrogen) atoms. The molecule has 0 saturated heterocycles. The van der Waals surface area contributed by atoms with Gasteiger partial charge in [0.15, 0.2) is 0 Å². The minimum Gasteiger partial charge on any atom is -0.374 e. The lowest BCUT2D eigenvalue weighted by atomic mass is 10.6. The fourth-order valence-corrected chi connectivity index (χ4v) is 2.29. The van der Waals surface area contributed by atoms with Crippen molar-refractivity contribution in [1.82, 2.24) is 14.9 Å². The normalized spacial score (nSPS) is 10.9. The van der Waals surface area contributed by atoms with Gasteiger partial charge in [-0.25, -0.2) is 4.72 Å². The first-order valence-corrected chi connectivity index (χ1v) is 5.58. The van der Waals surface area contributed by atoms with Crippen LogP contribution < -0.4 is 16.2 Å². The average molecular weight is 251 g/mol. The van der Waals surface area contributed by atoms with Crippen molar-refractivity contribution in [3.63, 3.8) is 0 Å². The van der Waals surface area contributed by atoms with Crippen LogP contribution in [0, 0.1) is 0 Å². The molecule has 9 nitrogen and oxygen atoms in total. The van der Waals surface area contributed by atoms with Gasteiger partial charge in [0, 0.05) is 0 Å². The van der Waals surface area contributed by atoms with E-state index in [1.54, 1.807) is 0 Å². The van der Waals surface area contributed by atoms with Crippen LogP contribution in [0.25, 0.3) is 0 Å². The highest BCUT2D eigenvalue weighted by Gasteiger charge is 2.24. The van der Waals surface area contributed by atoms with E-state index in [2.05, 4.69) is 15.9 Å². The monoisotopic (exact) mass is 251 g/mol. The number of aromatic nitrogens is 2. The van der Waals surface area contributed by atoms with Crippen LogP contribution in [0.4, 0.5) is 5.13 Å². The third kappa shape index (κ3) is 2.60. The largest absolute Gasteiger partial charge is 0.374 e. The molecule has 2 amide bonds. The maximum absolute atomic E-state index is 11.3. The highest BCUT2D eigenvalue weighted by Crippen LogP contribution is 2.15. The molecule has 0 bridgehead atoms. The molecule has 1 heterocycles. The van der Waals surface area contributed by atoms with Crippen LogP contribution in [0.15, 0.2) is 4.34 Å². The van der Waals surface area contributed by atoms with Crippen molar-refractivity contribution in [3.8, 4) is 0 Å². The number of rotatable bonds is 2. The van der Waals surface area contributed by atoms with E-state index in [1.165, 1.54) is 4.72 Å². The second-order valence-corrected chi connectivity index (χ2v) is 5.07. The molecule has 0 aromatic carbocycles. The van der Waals surface area contributed by atoms with Crippen molar-refractivity contribution in [1.29, 1.82) is 0 Å². The smallest absolute Gasteiger partial charge is 0.322 e. The Hall–Kier alpha value is -1.75. The number of nitrogen functional groups attached to an aromatic ring is 1. The van der Waals surface area contributed by atoms with Gasteiger partial charge >= 0.3 is 11.8 Å². The third-order valence-corrected chi connectivity index (χ3v) is 3.55. The molecule has 0 spiro atoms. The summed E-state index contributed by atoms with van der Waals surface area (Å²) < 4.78 is 23.4. The standard InChI is InChI=1S/C4H5N5O4S2/c5-1(10)2(11)9-15(12,13)4-8-7-3(6)14-4/h(H2,5,10)(H2,6,7)(H,9,11). The zero-order chi connectivity index (χ0) is 11.6. The molecule has 0 saturated carbocycles. The molecule has 0 atom stereocenters. The molecule has 0 fully saturated rings. The Labute approximate surface area is 87.5 Å². The van der Waals surface area contributed by atoms with Crippen LogP contribution >= 0.6 is 11.3 Å². The lowest BCUT2D eigenvalue weighted by Crippen LogP contribution is -2.39. The molecule has 0 aliphatic rings. The van der Waals surface area contributed by atoms with Crippen LogP contribution in [0.5, 0.6) is 0 Å². The summed E-state index contributed by atoms with van der Waals surface area (Å²) in [4.78, 5) is 21.0. The average Bonchev–Trinajstić information content (AvgIpc) is 2.51. The van der Waals surface area contributed by atoms with E-state index in [1.807, 2.05) is 0 Å². The summed E-state index contributed by atoms with van der Waals surface area (Å²) in [7, 11) is -4.22. The third-order valence-electron chi connectivity index (χ3n) is 1.10. The quantitative estimate of drug-likeness (QED) is 0.486. The van der Waals surface area contributed by atoms with Gasteiger partial charge in [0.1, 0.15) is 0 Å².